The van der Waals surface area contributed by atoms with Gasteiger partial charge in [-0.15, -0.1) is 0 Å². The molecule has 2 amide bonds. The SMILES string of the molecule is CCN(Cc1cccc(F)c1)C(=O)NC(C)c1cccc(Cl)c1. The minimum atomic E-state index is -0.300. The molecule has 0 fully saturated rings. The Balaban J connectivity index is 2.02. The normalized spacial score (nSPS) is 11.8. The molecule has 2 aromatic rings. The Kier molecular flexibility index (Phi) is 5.99. The fourth-order valence-electron chi connectivity index (χ4n) is 2.32. The molecule has 3 nitrogen and oxygen atoms in total. The van der Waals surface area contributed by atoms with E-state index in [2.05, 4.69) is 5.32 Å². The summed E-state index contributed by atoms with van der Waals surface area (Å²) < 4.78 is 13.3. The lowest BCUT2D eigenvalue weighted by Crippen LogP contribution is -2.40. The number of rotatable bonds is 5. The molecule has 0 saturated carbocycles. The number of nitrogens with one attached hydrogen (secondary N) is 1. The lowest BCUT2D eigenvalue weighted by molar-refractivity contribution is 0.194. The van der Waals surface area contributed by atoms with Crippen LogP contribution in [0.1, 0.15) is 31.0 Å². The molecule has 0 heterocycles. The summed E-state index contributed by atoms with van der Waals surface area (Å²) >= 11 is 5.98. The second kappa shape index (κ2) is 7.97. The maximum Gasteiger partial charge on any atom is 0.318 e. The average molecular weight is 335 g/mol. The highest BCUT2D eigenvalue weighted by Crippen LogP contribution is 2.18. The van der Waals surface area contributed by atoms with E-state index in [1.165, 1.54) is 12.1 Å². The van der Waals surface area contributed by atoms with Gasteiger partial charge < -0.3 is 10.2 Å². The summed E-state index contributed by atoms with van der Waals surface area (Å²) in [6, 6.07) is 13.3. The largest absolute Gasteiger partial charge is 0.331 e. The standard InChI is InChI=1S/C18H20ClFN2O/c1-3-22(12-14-6-4-9-17(20)10-14)18(23)21-13(2)15-7-5-8-16(19)11-15/h4-11,13H,3,12H2,1-2H3,(H,21,23). The van der Waals surface area contributed by atoms with E-state index in [1.54, 1.807) is 23.1 Å². The molecule has 23 heavy (non-hydrogen) atoms. The summed E-state index contributed by atoms with van der Waals surface area (Å²) in [5, 5.41) is 3.58. The van der Waals surface area contributed by atoms with Crippen molar-refractivity contribution in [1.29, 1.82) is 0 Å². The van der Waals surface area contributed by atoms with Crippen molar-refractivity contribution >= 4 is 17.6 Å². The molecule has 0 aliphatic carbocycles. The monoisotopic (exact) mass is 334 g/mol. The van der Waals surface area contributed by atoms with E-state index in [0.717, 1.165) is 11.1 Å². The van der Waals surface area contributed by atoms with Gasteiger partial charge in [0.15, 0.2) is 0 Å². The molecular formula is C18H20ClFN2O. The highest BCUT2D eigenvalue weighted by atomic mass is 35.5. The summed E-state index contributed by atoms with van der Waals surface area (Å²) in [4.78, 5) is 14.1. The smallest absolute Gasteiger partial charge is 0.318 e. The van der Waals surface area contributed by atoms with Crippen molar-refractivity contribution in [2.45, 2.75) is 26.4 Å². The van der Waals surface area contributed by atoms with Gasteiger partial charge in [0.2, 0.25) is 0 Å². The average Bonchev–Trinajstić information content (AvgIpc) is 2.52. The summed E-state index contributed by atoms with van der Waals surface area (Å²) in [6.07, 6.45) is 0. The molecule has 0 bridgehead atoms. The molecule has 0 aliphatic rings. The number of hydrogen-bond donors (Lipinski definition) is 1. The van der Waals surface area contributed by atoms with E-state index in [-0.39, 0.29) is 17.9 Å². The molecule has 122 valence electrons. The van der Waals surface area contributed by atoms with Crippen LogP contribution in [0.15, 0.2) is 48.5 Å². The molecule has 1 N–H and O–H groups in total. The maximum absolute atomic E-state index is 13.3. The molecule has 5 heteroatoms. The van der Waals surface area contributed by atoms with E-state index in [1.807, 2.05) is 32.0 Å². The van der Waals surface area contributed by atoms with E-state index in [0.29, 0.717) is 18.1 Å². The highest BCUT2D eigenvalue weighted by Gasteiger charge is 2.16. The van der Waals surface area contributed by atoms with Crippen LogP contribution >= 0.6 is 11.6 Å². The third-order valence-corrected chi connectivity index (χ3v) is 3.86. The quantitative estimate of drug-likeness (QED) is 0.839. The topological polar surface area (TPSA) is 32.3 Å². The Hall–Kier alpha value is -2.07. The van der Waals surface area contributed by atoms with Crippen LogP contribution in [0.3, 0.4) is 0 Å². The Bertz CT molecular complexity index is 678. The molecule has 0 spiro atoms. The Labute approximate surface area is 141 Å². The van der Waals surface area contributed by atoms with Gasteiger partial charge in [0.25, 0.3) is 0 Å². The first kappa shape index (κ1) is 17.3. The van der Waals surface area contributed by atoms with Gasteiger partial charge in [-0.1, -0.05) is 35.9 Å². The lowest BCUT2D eigenvalue weighted by atomic mass is 10.1. The molecule has 1 unspecified atom stereocenters. The zero-order valence-corrected chi connectivity index (χ0v) is 14.0. The van der Waals surface area contributed by atoms with E-state index in [9.17, 15) is 9.18 Å². The number of carbonyl (C=O) groups is 1. The number of hydrogen-bond acceptors (Lipinski definition) is 1. The van der Waals surface area contributed by atoms with Gasteiger partial charge in [-0.25, -0.2) is 9.18 Å². The van der Waals surface area contributed by atoms with Crippen LogP contribution in [0.5, 0.6) is 0 Å². The van der Waals surface area contributed by atoms with Crippen molar-refractivity contribution in [3.63, 3.8) is 0 Å². The molecule has 0 aromatic heterocycles. The molecule has 0 aliphatic heterocycles. The summed E-state index contributed by atoms with van der Waals surface area (Å²) in [7, 11) is 0. The molecule has 2 rings (SSSR count). The molecule has 0 saturated heterocycles. The van der Waals surface area contributed by atoms with Gasteiger partial charge in [0.05, 0.1) is 6.04 Å². The van der Waals surface area contributed by atoms with Crippen molar-refractivity contribution in [2.75, 3.05) is 6.54 Å². The first-order chi connectivity index (χ1) is 11.0. The Morgan fingerprint density at radius 3 is 2.65 bits per heavy atom. The van der Waals surface area contributed by atoms with Crippen LogP contribution in [-0.4, -0.2) is 17.5 Å². The number of halogens is 2. The number of nitrogens with zero attached hydrogens (tertiary/aromatic N) is 1. The van der Waals surface area contributed by atoms with Crippen LogP contribution in [0, 0.1) is 5.82 Å². The fraction of sp³-hybridized carbons (Fsp3) is 0.278. The van der Waals surface area contributed by atoms with Gasteiger partial charge in [-0.3, -0.25) is 0 Å². The second-order valence-electron chi connectivity index (χ2n) is 5.37. The second-order valence-corrected chi connectivity index (χ2v) is 5.81. The van der Waals surface area contributed by atoms with Gasteiger partial charge in [0, 0.05) is 18.1 Å². The number of urea groups is 1. The van der Waals surface area contributed by atoms with E-state index < -0.39 is 0 Å². The predicted molar refractivity (Wildman–Crippen MR) is 90.9 cm³/mol. The number of carbonyl (C=O) groups excluding carboxylic acids is 1. The number of benzene rings is 2. The van der Waals surface area contributed by atoms with Crippen LogP contribution in [0.4, 0.5) is 9.18 Å². The third kappa shape index (κ3) is 4.96. The zero-order valence-electron chi connectivity index (χ0n) is 13.2. The van der Waals surface area contributed by atoms with Gasteiger partial charge in [0.1, 0.15) is 5.82 Å². The summed E-state index contributed by atoms with van der Waals surface area (Å²) in [5.41, 5.74) is 1.70. The fourth-order valence-corrected chi connectivity index (χ4v) is 2.52. The summed E-state index contributed by atoms with van der Waals surface area (Å²) in [6.45, 7) is 4.69. The predicted octanol–water partition coefficient (Wildman–Crippen LogP) is 4.77. The van der Waals surface area contributed by atoms with Crippen molar-refractivity contribution in [1.82, 2.24) is 10.2 Å². The first-order valence-electron chi connectivity index (χ1n) is 7.55. The maximum atomic E-state index is 13.3. The lowest BCUT2D eigenvalue weighted by Gasteiger charge is -2.24. The van der Waals surface area contributed by atoms with Crippen LogP contribution < -0.4 is 5.32 Å². The van der Waals surface area contributed by atoms with Crippen LogP contribution in [0.2, 0.25) is 5.02 Å². The van der Waals surface area contributed by atoms with Crippen molar-refractivity contribution in [3.05, 3.63) is 70.5 Å². The summed E-state index contributed by atoms with van der Waals surface area (Å²) in [5.74, 6) is -0.300. The molecule has 0 radical (unpaired) electrons. The molecule has 2 aromatic carbocycles. The number of amides is 2. The van der Waals surface area contributed by atoms with Gasteiger partial charge in [-0.05, 0) is 49.2 Å². The Morgan fingerprint density at radius 1 is 1.26 bits per heavy atom. The van der Waals surface area contributed by atoms with E-state index >= 15 is 0 Å². The minimum Gasteiger partial charge on any atom is -0.331 e. The van der Waals surface area contributed by atoms with Gasteiger partial charge >= 0.3 is 6.03 Å². The van der Waals surface area contributed by atoms with Crippen molar-refractivity contribution < 1.29 is 9.18 Å². The first-order valence-corrected chi connectivity index (χ1v) is 7.92. The van der Waals surface area contributed by atoms with Gasteiger partial charge in [-0.2, -0.15) is 0 Å². The van der Waals surface area contributed by atoms with Crippen LogP contribution in [-0.2, 0) is 6.54 Å². The van der Waals surface area contributed by atoms with Crippen molar-refractivity contribution in [2.24, 2.45) is 0 Å². The third-order valence-electron chi connectivity index (χ3n) is 3.62. The van der Waals surface area contributed by atoms with Crippen molar-refractivity contribution in [3.8, 4) is 0 Å². The minimum absolute atomic E-state index is 0.164. The highest BCUT2D eigenvalue weighted by molar-refractivity contribution is 6.30. The Morgan fingerprint density at radius 2 is 2.00 bits per heavy atom. The molecular weight excluding hydrogens is 315 g/mol. The van der Waals surface area contributed by atoms with E-state index in [4.69, 9.17) is 11.6 Å². The van der Waals surface area contributed by atoms with Crippen LogP contribution in [0.25, 0.3) is 0 Å². The zero-order chi connectivity index (χ0) is 16.8. The molecule has 1 atom stereocenters.